The summed E-state index contributed by atoms with van der Waals surface area (Å²) in [6.45, 7) is 5.12. The van der Waals surface area contributed by atoms with Crippen LogP contribution in [0, 0.1) is 23.6 Å². The molecule has 172 valence electrons. The van der Waals surface area contributed by atoms with E-state index in [4.69, 9.17) is 19.5 Å². The van der Waals surface area contributed by atoms with Crippen LogP contribution in [0.2, 0.25) is 0 Å². The second-order valence-electron chi connectivity index (χ2n) is 7.82. The Morgan fingerprint density at radius 2 is 1.81 bits per heavy atom. The van der Waals surface area contributed by atoms with Gasteiger partial charge in [0.1, 0.15) is 5.82 Å². The third kappa shape index (κ3) is 6.14. The Morgan fingerprint density at radius 3 is 2.39 bits per heavy atom. The van der Waals surface area contributed by atoms with Gasteiger partial charge >= 0.3 is 12.1 Å². The first-order valence-electron chi connectivity index (χ1n) is 9.94. The van der Waals surface area contributed by atoms with Gasteiger partial charge in [-0.05, 0) is 36.0 Å². The Hall–Kier alpha value is -2.24. The highest BCUT2D eigenvalue weighted by Gasteiger charge is 2.45. The second-order valence-corrected chi connectivity index (χ2v) is 7.82. The summed E-state index contributed by atoms with van der Waals surface area (Å²) in [5.74, 6) is -2.30. The lowest BCUT2D eigenvalue weighted by Gasteiger charge is -2.33. The Kier molecular flexibility index (Phi) is 7.50. The molecule has 31 heavy (non-hydrogen) atoms. The van der Waals surface area contributed by atoms with Crippen molar-refractivity contribution < 1.29 is 41.8 Å². The molecule has 1 aromatic carbocycles. The first-order valence-corrected chi connectivity index (χ1v) is 9.94. The monoisotopic (exact) mass is 448 g/mol. The van der Waals surface area contributed by atoms with Crippen LogP contribution < -0.4 is 0 Å². The highest BCUT2D eigenvalue weighted by atomic mass is 19.4. The molecule has 0 radical (unpaired) electrons. The zero-order valence-corrected chi connectivity index (χ0v) is 16.7. The van der Waals surface area contributed by atoms with Crippen molar-refractivity contribution in [2.75, 3.05) is 39.5 Å². The van der Waals surface area contributed by atoms with Crippen molar-refractivity contribution in [3.63, 3.8) is 0 Å². The number of fused-ring (bicyclic) bond motifs is 1. The summed E-state index contributed by atoms with van der Waals surface area (Å²) in [6, 6.07) is 6.65. The molecule has 3 aliphatic heterocycles. The number of carbonyl (C=O) groups excluding carboxylic acids is 1. The Labute approximate surface area is 176 Å². The van der Waals surface area contributed by atoms with E-state index >= 15 is 0 Å². The molecule has 0 bridgehead atoms. The third-order valence-electron chi connectivity index (χ3n) is 5.59. The van der Waals surface area contributed by atoms with Gasteiger partial charge in [-0.3, -0.25) is 14.5 Å². The van der Waals surface area contributed by atoms with Crippen LogP contribution in [0.5, 0.6) is 0 Å². The van der Waals surface area contributed by atoms with Crippen LogP contribution in [0.4, 0.5) is 17.6 Å². The zero-order chi connectivity index (χ0) is 22.6. The number of benzene rings is 1. The number of halogens is 4. The molecule has 1 N–H and O–H groups in total. The number of amides is 1. The molecule has 3 fully saturated rings. The van der Waals surface area contributed by atoms with E-state index in [9.17, 15) is 22.4 Å². The number of carboxylic acids is 1. The summed E-state index contributed by atoms with van der Waals surface area (Å²) >= 11 is 0. The number of carbonyl (C=O) groups is 2. The summed E-state index contributed by atoms with van der Waals surface area (Å²) in [6.07, 6.45) is -4.18. The van der Waals surface area contributed by atoms with Crippen molar-refractivity contribution in [1.29, 1.82) is 0 Å². The average Bonchev–Trinajstić information content (AvgIpc) is 3.38. The Morgan fingerprint density at radius 1 is 1.13 bits per heavy atom. The molecule has 0 unspecified atom stereocenters. The van der Waals surface area contributed by atoms with Gasteiger partial charge in [0.15, 0.2) is 0 Å². The molecule has 0 aromatic heterocycles. The summed E-state index contributed by atoms with van der Waals surface area (Å²) < 4.78 is 50.5. The lowest BCUT2D eigenvalue weighted by atomic mass is 9.82. The van der Waals surface area contributed by atoms with Crippen LogP contribution >= 0.6 is 0 Å². The minimum atomic E-state index is -5.08. The molecule has 3 heterocycles. The highest BCUT2D eigenvalue weighted by molar-refractivity contribution is 5.78. The number of rotatable bonds is 3. The number of hydrogen-bond acceptors (Lipinski definition) is 5. The normalized spacial score (nSPS) is 26.2. The summed E-state index contributed by atoms with van der Waals surface area (Å²) in [7, 11) is 0. The average molecular weight is 448 g/mol. The largest absolute Gasteiger partial charge is 0.490 e. The van der Waals surface area contributed by atoms with Gasteiger partial charge in [0.25, 0.3) is 5.91 Å². The highest BCUT2D eigenvalue weighted by Crippen LogP contribution is 2.36. The van der Waals surface area contributed by atoms with Gasteiger partial charge in [-0.2, -0.15) is 13.2 Å². The molecule has 1 amide bonds. The van der Waals surface area contributed by atoms with E-state index in [1.165, 1.54) is 17.2 Å². The van der Waals surface area contributed by atoms with E-state index in [0.717, 1.165) is 38.2 Å². The van der Waals surface area contributed by atoms with E-state index in [-0.39, 0.29) is 17.6 Å². The van der Waals surface area contributed by atoms with Crippen LogP contribution in [0.25, 0.3) is 0 Å². The molecule has 0 saturated carbocycles. The van der Waals surface area contributed by atoms with Gasteiger partial charge < -0.3 is 9.84 Å². The van der Waals surface area contributed by atoms with E-state index in [2.05, 4.69) is 4.90 Å². The first-order chi connectivity index (χ1) is 14.6. The van der Waals surface area contributed by atoms with Crippen LogP contribution in [0.1, 0.15) is 12.0 Å². The molecule has 3 atom stereocenters. The fourth-order valence-electron chi connectivity index (χ4n) is 4.13. The predicted molar refractivity (Wildman–Crippen MR) is 98.9 cm³/mol. The number of carboxylic acid groups (broad SMARTS) is 1. The van der Waals surface area contributed by atoms with Gasteiger partial charge in [0, 0.05) is 19.6 Å². The number of likely N-dealkylation sites (tertiary alicyclic amines) is 1. The minimum Gasteiger partial charge on any atom is -0.475 e. The molecule has 7 nitrogen and oxygen atoms in total. The number of alkyl halides is 3. The molecular weight excluding hydrogens is 424 g/mol. The molecule has 3 saturated heterocycles. The maximum atomic E-state index is 13.0. The molecular formula is C20H24F4N2O5. The quantitative estimate of drug-likeness (QED) is 0.716. The lowest BCUT2D eigenvalue weighted by Crippen LogP contribution is -2.45. The predicted octanol–water partition coefficient (Wildman–Crippen LogP) is 2.32. The number of hydroxylamine groups is 2. The molecule has 3 aliphatic rings. The second kappa shape index (κ2) is 9.92. The minimum absolute atomic E-state index is 0.0748. The van der Waals surface area contributed by atoms with Gasteiger partial charge in [0.2, 0.25) is 0 Å². The Balaban J connectivity index is 0.000000339. The molecule has 0 aliphatic carbocycles. The Bertz CT molecular complexity index is 768. The topological polar surface area (TPSA) is 79.3 Å². The lowest BCUT2D eigenvalue weighted by molar-refractivity contribution is -0.192. The van der Waals surface area contributed by atoms with Crippen molar-refractivity contribution in [3.8, 4) is 0 Å². The number of hydrogen-bond donors (Lipinski definition) is 1. The fourth-order valence-corrected chi connectivity index (χ4v) is 4.13. The zero-order valence-electron chi connectivity index (χ0n) is 16.7. The fraction of sp³-hybridized carbons (Fsp3) is 0.600. The van der Waals surface area contributed by atoms with Crippen LogP contribution in [0.3, 0.4) is 0 Å². The third-order valence-corrected chi connectivity index (χ3v) is 5.59. The molecule has 4 rings (SSSR count). The van der Waals surface area contributed by atoms with Gasteiger partial charge in [-0.15, -0.1) is 0 Å². The molecule has 1 aromatic rings. The van der Waals surface area contributed by atoms with E-state index in [1.54, 1.807) is 0 Å². The van der Waals surface area contributed by atoms with Crippen molar-refractivity contribution in [2.45, 2.75) is 19.1 Å². The first kappa shape index (κ1) is 23.4. The van der Waals surface area contributed by atoms with Gasteiger partial charge in [-0.25, -0.2) is 14.2 Å². The maximum absolute atomic E-state index is 13.0. The van der Waals surface area contributed by atoms with Crippen molar-refractivity contribution in [2.24, 2.45) is 17.8 Å². The van der Waals surface area contributed by atoms with Crippen LogP contribution in [-0.4, -0.2) is 72.6 Å². The van der Waals surface area contributed by atoms with E-state index in [0.29, 0.717) is 31.6 Å². The van der Waals surface area contributed by atoms with Gasteiger partial charge in [0.05, 0.1) is 32.3 Å². The maximum Gasteiger partial charge on any atom is 0.490 e. The molecule has 0 spiro atoms. The summed E-state index contributed by atoms with van der Waals surface area (Å²) in [5, 5.41) is 8.65. The summed E-state index contributed by atoms with van der Waals surface area (Å²) in [5.41, 5.74) is 1.10. The van der Waals surface area contributed by atoms with Crippen molar-refractivity contribution in [1.82, 2.24) is 9.96 Å². The molecule has 11 heteroatoms. The van der Waals surface area contributed by atoms with E-state index in [1.807, 2.05) is 12.1 Å². The number of ether oxygens (including phenoxy) is 1. The number of nitrogens with zero attached hydrogens (tertiary/aromatic N) is 2. The number of aliphatic carboxylic acids is 1. The van der Waals surface area contributed by atoms with E-state index < -0.39 is 12.1 Å². The standard InChI is InChI=1S/C18H23FN2O3.C2HF3O2/c19-15-4-2-13(3-5-15)8-20-9-14-11-23-12-17(16(14)10-20)18(22)21-6-1-7-24-21;3-2(4,5)1(6)7/h2-5,14,16-17H,1,6-12H2;(H,6,7)/t14-,16-,17+;/m1./s1. The van der Waals surface area contributed by atoms with Crippen molar-refractivity contribution >= 4 is 11.9 Å². The van der Waals surface area contributed by atoms with Gasteiger partial charge in [-0.1, -0.05) is 12.1 Å². The van der Waals surface area contributed by atoms with Crippen LogP contribution in [-0.2, 0) is 25.7 Å². The van der Waals surface area contributed by atoms with Crippen LogP contribution in [0.15, 0.2) is 24.3 Å². The van der Waals surface area contributed by atoms with Crippen molar-refractivity contribution in [3.05, 3.63) is 35.6 Å². The smallest absolute Gasteiger partial charge is 0.475 e. The SMILES string of the molecule is O=C(O)C(F)(F)F.O=C([C@H]1COC[C@H]2CN(Cc3ccc(F)cc3)C[C@H]21)N1CCCO1. The summed E-state index contributed by atoms with van der Waals surface area (Å²) in [4.78, 5) is 29.4.